The molecule has 0 spiro atoms. The molecule has 0 unspecified atom stereocenters. The van der Waals surface area contributed by atoms with E-state index in [0.717, 1.165) is 11.5 Å². The predicted octanol–water partition coefficient (Wildman–Crippen LogP) is -0.102. The lowest BCUT2D eigenvalue weighted by atomic mass is 10.5. The molecular formula is C8H14N4O2S. The van der Waals surface area contributed by atoms with Gasteiger partial charge in [0, 0.05) is 0 Å². The summed E-state index contributed by atoms with van der Waals surface area (Å²) in [5.41, 5.74) is 4.96. The standard InChI is InChI=1S/C8H14N4O2S/c1-2-15-5-7-11-8(14-12-7)4-10-3-6(9)13/h10H,2-5H2,1H3,(H2,9,13). The number of carbonyl (C=O) groups is 1. The summed E-state index contributed by atoms with van der Waals surface area (Å²) in [5.74, 6) is 2.51. The Balaban J connectivity index is 2.29. The van der Waals surface area contributed by atoms with E-state index in [1.165, 1.54) is 0 Å². The van der Waals surface area contributed by atoms with Gasteiger partial charge in [-0.2, -0.15) is 16.7 Å². The molecular weight excluding hydrogens is 216 g/mol. The Morgan fingerprint density at radius 2 is 2.47 bits per heavy atom. The lowest BCUT2D eigenvalue weighted by Crippen LogP contribution is -2.28. The van der Waals surface area contributed by atoms with Gasteiger partial charge >= 0.3 is 0 Å². The van der Waals surface area contributed by atoms with Crippen molar-refractivity contribution in [3.63, 3.8) is 0 Å². The number of aromatic nitrogens is 2. The number of rotatable bonds is 7. The van der Waals surface area contributed by atoms with Crippen LogP contribution in [-0.4, -0.2) is 28.3 Å². The minimum atomic E-state index is -0.406. The van der Waals surface area contributed by atoms with Crippen molar-refractivity contribution in [1.29, 1.82) is 0 Å². The summed E-state index contributed by atoms with van der Waals surface area (Å²) in [4.78, 5) is 14.6. The molecule has 0 aliphatic heterocycles. The molecule has 6 nitrogen and oxygen atoms in total. The van der Waals surface area contributed by atoms with Crippen LogP contribution in [-0.2, 0) is 17.1 Å². The van der Waals surface area contributed by atoms with Crippen LogP contribution in [0.3, 0.4) is 0 Å². The maximum Gasteiger partial charge on any atom is 0.240 e. The molecule has 15 heavy (non-hydrogen) atoms. The second kappa shape index (κ2) is 6.41. The Labute approximate surface area is 92.0 Å². The first kappa shape index (κ1) is 12.0. The highest BCUT2D eigenvalue weighted by atomic mass is 32.2. The summed E-state index contributed by atoms with van der Waals surface area (Å²) >= 11 is 1.72. The van der Waals surface area contributed by atoms with Crippen molar-refractivity contribution in [3.05, 3.63) is 11.7 Å². The average molecular weight is 230 g/mol. The van der Waals surface area contributed by atoms with Crippen molar-refractivity contribution in [2.24, 2.45) is 5.73 Å². The number of nitrogens with zero attached hydrogens (tertiary/aromatic N) is 2. The lowest BCUT2D eigenvalue weighted by molar-refractivity contribution is -0.117. The van der Waals surface area contributed by atoms with Crippen LogP contribution in [0.2, 0.25) is 0 Å². The molecule has 1 heterocycles. The summed E-state index contributed by atoms with van der Waals surface area (Å²) in [6.07, 6.45) is 0. The average Bonchev–Trinajstić information content (AvgIpc) is 2.62. The Hall–Kier alpha value is -1.08. The second-order valence-corrected chi connectivity index (χ2v) is 4.09. The summed E-state index contributed by atoms with van der Waals surface area (Å²) in [6, 6.07) is 0. The lowest BCUT2D eigenvalue weighted by Gasteiger charge is -1.95. The van der Waals surface area contributed by atoms with E-state index in [-0.39, 0.29) is 6.54 Å². The second-order valence-electron chi connectivity index (χ2n) is 2.81. The smallest absolute Gasteiger partial charge is 0.240 e. The van der Waals surface area contributed by atoms with Gasteiger partial charge in [-0.25, -0.2) is 0 Å². The molecule has 1 amide bonds. The van der Waals surface area contributed by atoms with Gasteiger partial charge in [-0.05, 0) is 5.75 Å². The van der Waals surface area contributed by atoms with Crippen LogP contribution in [0.15, 0.2) is 4.52 Å². The zero-order valence-electron chi connectivity index (χ0n) is 8.52. The maximum atomic E-state index is 10.4. The van der Waals surface area contributed by atoms with E-state index in [1.54, 1.807) is 11.8 Å². The topological polar surface area (TPSA) is 94.0 Å². The fourth-order valence-corrected chi connectivity index (χ4v) is 1.41. The summed E-state index contributed by atoms with van der Waals surface area (Å²) in [6.45, 7) is 2.55. The molecule has 1 aromatic heterocycles. The molecule has 3 N–H and O–H groups in total. The molecule has 0 atom stereocenters. The number of primary amides is 1. The zero-order valence-corrected chi connectivity index (χ0v) is 9.34. The van der Waals surface area contributed by atoms with Gasteiger partial charge in [0.2, 0.25) is 11.8 Å². The molecule has 1 aromatic rings. The van der Waals surface area contributed by atoms with Gasteiger partial charge in [0.1, 0.15) is 0 Å². The van der Waals surface area contributed by atoms with Gasteiger partial charge in [-0.15, -0.1) is 0 Å². The third kappa shape index (κ3) is 4.80. The fraction of sp³-hybridized carbons (Fsp3) is 0.625. The van der Waals surface area contributed by atoms with Gasteiger partial charge in [0.15, 0.2) is 5.82 Å². The summed E-state index contributed by atoms with van der Waals surface area (Å²) in [5, 5.41) is 6.58. The third-order valence-corrected chi connectivity index (χ3v) is 2.39. The normalized spacial score (nSPS) is 10.5. The first-order chi connectivity index (χ1) is 7.22. The minimum absolute atomic E-state index is 0.113. The van der Waals surface area contributed by atoms with Gasteiger partial charge in [0.05, 0.1) is 18.8 Å². The number of carbonyl (C=O) groups excluding carboxylic acids is 1. The number of nitrogens with one attached hydrogen (secondary N) is 1. The Bertz CT molecular complexity index is 315. The van der Waals surface area contributed by atoms with Crippen LogP contribution < -0.4 is 11.1 Å². The number of amides is 1. The van der Waals surface area contributed by atoms with E-state index in [0.29, 0.717) is 18.3 Å². The van der Waals surface area contributed by atoms with Crippen molar-refractivity contribution in [1.82, 2.24) is 15.5 Å². The van der Waals surface area contributed by atoms with Crippen LogP contribution in [0.1, 0.15) is 18.6 Å². The van der Waals surface area contributed by atoms with Crippen LogP contribution in [0, 0.1) is 0 Å². The first-order valence-corrected chi connectivity index (χ1v) is 5.76. The molecule has 84 valence electrons. The van der Waals surface area contributed by atoms with Crippen LogP contribution in [0.25, 0.3) is 0 Å². The van der Waals surface area contributed by atoms with Crippen molar-refractivity contribution in [2.75, 3.05) is 12.3 Å². The molecule has 1 rings (SSSR count). The molecule has 0 radical (unpaired) electrons. The van der Waals surface area contributed by atoms with Gasteiger partial charge < -0.3 is 10.3 Å². The highest BCUT2D eigenvalue weighted by Crippen LogP contribution is 2.08. The number of hydrogen-bond donors (Lipinski definition) is 2. The van der Waals surface area contributed by atoms with Crippen LogP contribution >= 0.6 is 11.8 Å². The molecule has 0 aromatic carbocycles. The number of nitrogens with two attached hydrogens (primary N) is 1. The third-order valence-electron chi connectivity index (χ3n) is 1.52. The predicted molar refractivity (Wildman–Crippen MR) is 57.0 cm³/mol. The van der Waals surface area contributed by atoms with Gasteiger partial charge in [-0.3, -0.25) is 10.1 Å². The van der Waals surface area contributed by atoms with Gasteiger partial charge in [-0.1, -0.05) is 12.1 Å². The fourth-order valence-electron chi connectivity index (χ4n) is 0.907. The van der Waals surface area contributed by atoms with Crippen molar-refractivity contribution in [2.45, 2.75) is 19.2 Å². The highest BCUT2D eigenvalue weighted by molar-refractivity contribution is 7.98. The zero-order chi connectivity index (χ0) is 11.1. The quantitative estimate of drug-likeness (QED) is 0.679. The molecule has 0 saturated carbocycles. The Morgan fingerprint density at radius 3 is 3.13 bits per heavy atom. The monoisotopic (exact) mass is 230 g/mol. The van der Waals surface area contributed by atoms with E-state index in [2.05, 4.69) is 22.4 Å². The van der Waals surface area contributed by atoms with Crippen LogP contribution in [0.4, 0.5) is 0 Å². The minimum Gasteiger partial charge on any atom is -0.369 e. The Morgan fingerprint density at radius 1 is 1.67 bits per heavy atom. The maximum absolute atomic E-state index is 10.4. The van der Waals surface area contributed by atoms with Gasteiger partial charge in [0.25, 0.3) is 0 Å². The first-order valence-electron chi connectivity index (χ1n) is 4.60. The number of hydrogen-bond acceptors (Lipinski definition) is 6. The Kier molecular flexibility index (Phi) is 5.13. The van der Waals surface area contributed by atoms with E-state index in [4.69, 9.17) is 10.3 Å². The molecule has 7 heteroatoms. The van der Waals surface area contributed by atoms with E-state index >= 15 is 0 Å². The van der Waals surface area contributed by atoms with E-state index in [9.17, 15) is 4.79 Å². The van der Waals surface area contributed by atoms with Crippen molar-refractivity contribution < 1.29 is 9.32 Å². The highest BCUT2D eigenvalue weighted by Gasteiger charge is 2.05. The molecule has 0 fully saturated rings. The summed E-state index contributed by atoms with van der Waals surface area (Å²) in [7, 11) is 0. The van der Waals surface area contributed by atoms with E-state index < -0.39 is 5.91 Å². The van der Waals surface area contributed by atoms with E-state index in [1.807, 2.05) is 0 Å². The van der Waals surface area contributed by atoms with Crippen LogP contribution in [0.5, 0.6) is 0 Å². The number of thioether (sulfide) groups is 1. The molecule has 0 aliphatic rings. The van der Waals surface area contributed by atoms with Crippen molar-refractivity contribution >= 4 is 17.7 Å². The molecule has 0 aliphatic carbocycles. The SMILES string of the molecule is CCSCc1noc(CNCC(N)=O)n1. The van der Waals surface area contributed by atoms with Crippen molar-refractivity contribution in [3.8, 4) is 0 Å². The molecule has 0 saturated heterocycles. The molecule has 0 bridgehead atoms. The largest absolute Gasteiger partial charge is 0.369 e. The summed E-state index contributed by atoms with van der Waals surface area (Å²) < 4.78 is 4.95.